The van der Waals surface area contributed by atoms with Gasteiger partial charge in [0.05, 0.1) is 17.4 Å². The summed E-state index contributed by atoms with van der Waals surface area (Å²) in [5, 5.41) is 12.4. The molecular formula is C20H18F3N3O3. The number of carbonyl (C=O) groups is 2. The third-order valence-corrected chi connectivity index (χ3v) is 4.21. The first-order valence-electron chi connectivity index (χ1n) is 8.33. The average Bonchev–Trinajstić information content (AvgIpc) is 2.62. The SMILES string of the molecule is C#CC(C)(C)c1c(NC(=O)Cc2ccc(C(F)(F)F)cc2O)ccnc1C(N)=O. The Hall–Kier alpha value is -3.54. The Bertz CT molecular complexity index is 1010. The Kier molecular flexibility index (Phi) is 5.88. The lowest BCUT2D eigenvalue weighted by molar-refractivity contribution is -0.137. The number of hydrogen-bond donors (Lipinski definition) is 3. The third-order valence-electron chi connectivity index (χ3n) is 4.21. The zero-order chi connectivity index (χ0) is 22.0. The second kappa shape index (κ2) is 7.83. The van der Waals surface area contributed by atoms with Crippen molar-refractivity contribution in [2.75, 3.05) is 5.32 Å². The van der Waals surface area contributed by atoms with Gasteiger partial charge in [-0.2, -0.15) is 13.2 Å². The van der Waals surface area contributed by atoms with Crippen molar-refractivity contribution in [3.8, 4) is 18.1 Å². The first-order valence-corrected chi connectivity index (χ1v) is 8.33. The van der Waals surface area contributed by atoms with E-state index in [1.807, 2.05) is 0 Å². The fraction of sp³-hybridized carbons (Fsp3) is 0.250. The number of anilines is 1. The lowest BCUT2D eigenvalue weighted by Gasteiger charge is -2.24. The van der Waals surface area contributed by atoms with Crippen LogP contribution in [-0.4, -0.2) is 21.9 Å². The second-order valence-electron chi connectivity index (χ2n) is 6.78. The van der Waals surface area contributed by atoms with Crippen LogP contribution in [0.5, 0.6) is 5.75 Å². The summed E-state index contributed by atoms with van der Waals surface area (Å²) >= 11 is 0. The molecule has 2 aromatic rings. The van der Waals surface area contributed by atoms with Gasteiger partial charge in [0.2, 0.25) is 5.91 Å². The van der Waals surface area contributed by atoms with Crippen molar-refractivity contribution in [3.05, 3.63) is 52.8 Å². The van der Waals surface area contributed by atoms with Crippen LogP contribution >= 0.6 is 0 Å². The number of aromatic nitrogens is 1. The largest absolute Gasteiger partial charge is 0.508 e. The Labute approximate surface area is 164 Å². The van der Waals surface area contributed by atoms with E-state index in [1.54, 1.807) is 13.8 Å². The number of halogens is 3. The number of amides is 2. The fourth-order valence-electron chi connectivity index (χ4n) is 2.71. The lowest BCUT2D eigenvalue weighted by atomic mass is 9.83. The van der Waals surface area contributed by atoms with Crippen molar-refractivity contribution >= 4 is 17.5 Å². The molecule has 0 unspecified atom stereocenters. The topological polar surface area (TPSA) is 105 Å². The van der Waals surface area contributed by atoms with E-state index < -0.39 is 41.1 Å². The number of phenolic OH excluding ortho intramolecular Hbond substituents is 1. The lowest BCUT2D eigenvalue weighted by Crippen LogP contribution is -2.27. The molecular weight excluding hydrogens is 387 g/mol. The molecule has 152 valence electrons. The maximum Gasteiger partial charge on any atom is 0.416 e. The van der Waals surface area contributed by atoms with Crippen LogP contribution in [0.3, 0.4) is 0 Å². The molecule has 0 radical (unpaired) electrons. The van der Waals surface area contributed by atoms with Crippen LogP contribution in [0.4, 0.5) is 18.9 Å². The molecule has 0 aliphatic heterocycles. The van der Waals surface area contributed by atoms with Crippen molar-refractivity contribution in [2.45, 2.75) is 31.9 Å². The molecule has 4 N–H and O–H groups in total. The third kappa shape index (κ3) is 4.85. The summed E-state index contributed by atoms with van der Waals surface area (Å²) in [6.07, 6.45) is 1.77. The first kappa shape index (κ1) is 21.8. The Morgan fingerprint density at radius 1 is 1.28 bits per heavy atom. The van der Waals surface area contributed by atoms with Crippen LogP contribution in [0.25, 0.3) is 0 Å². The highest BCUT2D eigenvalue weighted by Crippen LogP contribution is 2.34. The first-order chi connectivity index (χ1) is 13.4. The maximum atomic E-state index is 12.7. The Morgan fingerprint density at radius 2 is 1.93 bits per heavy atom. The molecule has 2 amide bonds. The number of aromatic hydroxyl groups is 1. The zero-order valence-corrected chi connectivity index (χ0v) is 15.6. The Morgan fingerprint density at radius 3 is 2.45 bits per heavy atom. The molecule has 0 bridgehead atoms. The molecule has 29 heavy (non-hydrogen) atoms. The maximum absolute atomic E-state index is 12.7. The minimum Gasteiger partial charge on any atom is -0.508 e. The summed E-state index contributed by atoms with van der Waals surface area (Å²) < 4.78 is 38.1. The van der Waals surface area contributed by atoms with Crippen LogP contribution < -0.4 is 11.1 Å². The van der Waals surface area contributed by atoms with Crippen LogP contribution in [0.2, 0.25) is 0 Å². The van der Waals surface area contributed by atoms with Crippen molar-refractivity contribution < 1.29 is 27.9 Å². The molecule has 2 rings (SSSR count). The molecule has 0 aliphatic carbocycles. The van der Waals surface area contributed by atoms with Gasteiger partial charge >= 0.3 is 6.18 Å². The number of nitrogens with zero attached hydrogens (tertiary/aromatic N) is 1. The van der Waals surface area contributed by atoms with Crippen LogP contribution in [-0.2, 0) is 22.8 Å². The molecule has 0 saturated heterocycles. The summed E-state index contributed by atoms with van der Waals surface area (Å²) in [6, 6.07) is 3.76. The molecule has 0 aliphatic rings. The van der Waals surface area contributed by atoms with Crippen molar-refractivity contribution in [2.24, 2.45) is 5.73 Å². The van der Waals surface area contributed by atoms with Gasteiger partial charge in [0.25, 0.3) is 5.91 Å². The highest BCUT2D eigenvalue weighted by Gasteiger charge is 2.31. The van der Waals surface area contributed by atoms with Gasteiger partial charge in [-0.3, -0.25) is 14.6 Å². The van der Waals surface area contributed by atoms with E-state index in [0.717, 1.165) is 12.1 Å². The predicted molar refractivity (Wildman–Crippen MR) is 100 cm³/mol. The number of terminal acetylenes is 1. The van der Waals surface area contributed by atoms with E-state index in [1.165, 1.54) is 12.3 Å². The van der Waals surface area contributed by atoms with E-state index in [9.17, 15) is 27.9 Å². The molecule has 0 fully saturated rings. The number of nitrogens with two attached hydrogens (primary N) is 1. The van der Waals surface area contributed by atoms with Crippen molar-refractivity contribution in [3.63, 3.8) is 0 Å². The molecule has 6 nitrogen and oxygen atoms in total. The molecule has 0 spiro atoms. The number of hydrogen-bond acceptors (Lipinski definition) is 4. The van der Waals surface area contributed by atoms with Gasteiger partial charge in [-0.05, 0) is 32.0 Å². The van der Waals surface area contributed by atoms with Crippen LogP contribution in [0.1, 0.15) is 41.0 Å². The summed E-state index contributed by atoms with van der Waals surface area (Å²) in [4.78, 5) is 28.1. The van der Waals surface area contributed by atoms with Gasteiger partial charge in [0.1, 0.15) is 11.4 Å². The highest BCUT2D eigenvalue weighted by atomic mass is 19.4. The number of pyridine rings is 1. The number of rotatable bonds is 5. The van der Waals surface area contributed by atoms with Crippen LogP contribution in [0.15, 0.2) is 30.5 Å². The smallest absolute Gasteiger partial charge is 0.416 e. The van der Waals surface area contributed by atoms with Gasteiger partial charge in [0, 0.05) is 23.0 Å². The molecule has 0 atom stereocenters. The monoisotopic (exact) mass is 405 g/mol. The molecule has 1 aromatic carbocycles. The summed E-state index contributed by atoms with van der Waals surface area (Å²) in [6.45, 7) is 3.27. The number of phenols is 1. The van der Waals surface area contributed by atoms with Gasteiger partial charge < -0.3 is 16.2 Å². The standard InChI is InChI=1S/C20H18F3N3O3/c1-4-19(2,3)16-13(7-8-25-17(16)18(24)29)26-15(28)9-11-5-6-12(10-14(11)27)20(21,22)23/h1,5-8,10,27H,9H2,2-3H3,(H2,24,29)(H,25,26,28). The van der Waals surface area contributed by atoms with E-state index >= 15 is 0 Å². The van der Waals surface area contributed by atoms with Gasteiger partial charge in [-0.1, -0.05) is 12.0 Å². The molecule has 1 aromatic heterocycles. The van der Waals surface area contributed by atoms with E-state index in [-0.39, 0.29) is 22.5 Å². The number of primary amides is 1. The Balaban J connectivity index is 2.34. The minimum absolute atomic E-state index is 0.00237. The van der Waals surface area contributed by atoms with Gasteiger partial charge in [0.15, 0.2) is 0 Å². The van der Waals surface area contributed by atoms with Crippen molar-refractivity contribution in [1.29, 1.82) is 0 Å². The minimum atomic E-state index is -4.61. The summed E-state index contributed by atoms with van der Waals surface area (Å²) in [7, 11) is 0. The highest BCUT2D eigenvalue weighted by molar-refractivity contribution is 5.98. The predicted octanol–water partition coefficient (Wildman–Crippen LogP) is 3.00. The summed E-state index contributed by atoms with van der Waals surface area (Å²) in [5.41, 5.74) is 3.63. The molecule has 0 saturated carbocycles. The van der Waals surface area contributed by atoms with Gasteiger partial charge in [-0.15, -0.1) is 6.42 Å². The zero-order valence-electron chi connectivity index (χ0n) is 15.6. The van der Waals surface area contributed by atoms with E-state index in [0.29, 0.717) is 6.07 Å². The average molecular weight is 405 g/mol. The van der Waals surface area contributed by atoms with Crippen LogP contribution in [0, 0.1) is 12.3 Å². The number of benzene rings is 1. The fourth-order valence-corrected chi connectivity index (χ4v) is 2.71. The molecule has 9 heteroatoms. The summed E-state index contributed by atoms with van der Waals surface area (Å²) in [5.74, 6) is 0.363. The number of nitrogens with one attached hydrogen (secondary N) is 1. The quantitative estimate of drug-likeness (QED) is 0.665. The number of alkyl halides is 3. The molecule has 1 heterocycles. The second-order valence-corrected chi connectivity index (χ2v) is 6.78. The van der Waals surface area contributed by atoms with E-state index in [4.69, 9.17) is 12.2 Å². The van der Waals surface area contributed by atoms with Gasteiger partial charge in [-0.25, -0.2) is 0 Å². The van der Waals surface area contributed by atoms with Crippen molar-refractivity contribution in [1.82, 2.24) is 4.98 Å². The number of carbonyl (C=O) groups excluding carboxylic acids is 2. The normalized spacial score (nSPS) is 11.6. The van der Waals surface area contributed by atoms with E-state index in [2.05, 4.69) is 16.2 Å².